The molecule has 1 aliphatic heterocycles. The number of hydrogen-bond donors (Lipinski definition) is 0. The lowest BCUT2D eigenvalue weighted by molar-refractivity contribution is 0.146. The molecule has 2 aromatic rings. The number of halogens is 4. The number of nitrogens with zero attached hydrogens (tertiary/aromatic N) is 4. The molecule has 0 N–H and O–H groups in total. The predicted molar refractivity (Wildman–Crippen MR) is 82.4 cm³/mol. The van der Waals surface area contributed by atoms with Crippen molar-refractivity contribution in [3.8, 4) is 0 Å². The molecule has 2 heterocycles. The van der Waals surface area contributed by atoms with Crippen molar-refractivity contribution < 1.29 is 17.6 Å². The Kier molecular flexibility index (Phi) is 4.82. The third kappa shape index (κ3) is 3.58. The van der Waals surface area contributed by atoms with Crippen LogP contribution in [0.4, 0.5) is 29.1 Å². The highest BCUT2D eigenvalue weighted by Crippen LogP contribution is 2.23. The Labute approximate surface area is 136 Å². The summed E-state index contributed by atoms with van der Waals surface area (Å²) in [6, 6.07) is 5.10. The number of anilines is 2. The van der Waals surface area contributed by atoms with Gasteiger partial charge in [-0.25, -0.2) is 27.5 Å². The third-order valence-electron chi connectivity index (χ3n) is 3.99. The zero-order valence-corrected chi connectivity index (χ0v) is 12.8. The first kappa shape index (κ1) is 16.5. The molecule has 0 atom stereocenters. The van der Waals surface area contributed by atoms with Gasteiger partial charge in [-0.15, -0.1) is 0 Å². The number of aromatic nitrogens is 2. The van der Waals surface area contributed by atoms with Crippen molar-refractivity contribution in [3.63, 3.8) is 0 Å². The second-order valence-corrected chi connectivity index (χ2v) is 5.53. The molecule has 1 fully saturated rings. The number of hydrogen-bond acceptors (Lipinski definition) is 4. The molecule has 4 nitrogen and oxygen atoms in total. The van der Waals surface area contributed by atoms with E-state index in [0.717, 1.165) is 18.8 Å². The van der Waals surface area contributed by atoms with Gasteiger partial charge in [-0.05, 0) is 18.6 Å². The van der Waals surface area contributed by atoms with Crippen molar-refractivity contribution in [2.45, 2.75) is 12.8 Å². The second-order valence-electron chi connectivity index (χ2n) is 5.53. The smallest absolute Gasteiger partial charge is 0.280 e. The number of benzene rings is 1. The van der Waals surface area contributed by atoms with Gasteiger partial charge in [0.15, 0.2) is 11.6 Å². The average Bonchev–Trinajstić information content (AvgIpc) is 2.83. The van der Waals surface area contributed by atoms with E-state index in [1.165, 1.54) is 18.2 Å². The van der Waals surface area contributed by atoms with Crippen LogP contribution in [-0.2, 0) is 0 Å². The molecular formula is C16H16F4N4. The van der Waals surface area contributed by atoms with Crippen LogP contribution in [0.15, 0.2) is 30.6 Å². The van der Waals surface area contributed by atoms with Crippen LogP contribution in [0.2, 0.25) is 0 Å². The maximum absolute atomic E-state index is 13.4. The van der Waals surface area contributed by atoms with E-state index in [1.54, 1.807) is 0 Å². The number of rotatable bonds is 3. The molecule has 0 spiro atoms. The molecule has 0 amide bonds. The summed E-state index contributed by atoms with van der Waals surface area (Å²) in [4.78, 5) is 11.5. The van der Waals surface area contributed by atoms with E-state index in [9.17, 15) is 17.6 Å². The van der Waals surface area contributed by atoms with Gasteiger partial charge < -0.3 is 9.80 Å². The molecule has 1 aromatic carbocycles. The summed E-state index contributed by atoms with van der Waals surface area (Å²) in [5.74, 6) is -1.31. The summed E-state index contributed by atoms with van der Waals surface area (Å²) >= 11 is 0. The first-order valence-corrected chi connectivity index (χ1v) is 7.59. The molecule has 1 aromatic heterocycles. The predicted octanol–water partition coefficient (Wildman–Crippen LogP) is 3.41. The number of alkyl halides is 2. The zero-order chi connectivity index (χ0) is 17.1. The van der Waals surface area contributed by atoms with E-state index < -0.39 is 18.1 Å². The van der Waals surface area contributed by atoms with Crippen molar-refractivity contribution in [2.75, 3.05) is 36.0 Å². The molecule has 128 valence electrons. The molecule has 0 radical (unpaired) electrons. The molecule has 3 rings (SSSR count). The SMILES string of the molecule is Fc1ccc(N2CCCN(c3cc(C(F)F)ncn3)CC2)cc1F. The minimum absolute atomic E-state index is 0.304. The Morgan fingerprint density at radius 2 is 1.62 bits per heavy atom. The van der Waals surface area contributed by atoms with E-state index in [1.807, 2.05) is 9.80 Å². The fourth-order valence-electron chi connectivity index (χ4n) is 2.74. The Hall–Kier alpha value is -2.38. The second kappa shape index (κ2) is 7.02. The van der Waals surface area contributed by atoms with Crippen molar-refractivity contribution >= 4 is 11.5 Å². The van der Waals surface area contributed by atoms with Gasteiger partial charge in [0.1, 0.15) is 17.8 Å². The maximum Gasteiger partial charge on any atom is 0.280 e. The van der Waals surface area contributed by atoms with Gasteiger partial charge in [0, 0.05) is 44.0 Å². The van der Waals surface area contributed by atoms with E-state index in [0.29, 0.717) is 37.7 Å². The van der Waals surface area contributed by atoms with Gasteiger partial charge in [-0.3, -0.25) is 0 Å². The summed E-state index contributed by atoms with van der Waals surface area (Å²) < 4.78 is 52.0. The summed E-state index contributed by atoms with van der Waals surface area (Å²) in [5.41, 5.74) is 0.299. The lowest BCUT2D eigenvalue weighted by Gasteiger charge is -2.24. The van der Waals surface area contributed by atoms with Gasteiger partial charge in [0.2, 0.25) is 0 Å². The normalized spacial score (nSPS) is 15.7. The van der Waals surface area contributed by atoms with Crippen molar-refractivity contribution in [3.05, 3.63) is 47.9 Å². The van der Waals surface area contributed by atoms with Crippen LogP contribution in [0, 0.1) is 11.6 Å². The quantitative estimate of drug-likeness (QED) is 0.802. The largest absolute Gasteiger partial charge is 0.370 e. The van der Waals surface area contributed by atoms with E-state index in [-0.39, 0.29) is 5.69 Å². The van der Waals surface area contributed by atoms with Gasteiger partial charge in [0.05, 0.1) is 0 Å². The van der Waals surface area contributed by atoms with Crippen LogP contribution in [0.1, 0.15) is 18.5 Å². The molecular weight excluding hydrogens is 324 g/mol. The molecule has 1 saturated heterocycles. The summed E-state index contributed by atoms with van der Waals surface area (Å²) in [7, 11) is 0. The molecule has 0 bridgehead atoms. The molecule has 0 aliphatic carbocycles. The maximum atomic E-state index is 13.4. The van der Waals surface area contributed by atoms with E-state index in [4.69, 9.17) is 0 Å². The Morgan fingerprint density at radius 3 is 2.38 bits per heavy atom. The van der Waals surface area contributed by atoms with Gasteiger partial charge >= 0.3 is 0 Å². The van der Waals surface area contributed by atoms with Crippen LogP contribution in [0.25, 0.3) is 0 Å². The molecule has 0 unspecified atom stereocenters. The minimum atomic E-state index is -2.64. The van der Waals surface area contributed by atoms with Crippen LogP contribution in [-0.4, -0.2) is 36.1 Å². The van der Waals surface area contributed by atoms with Crippen LogP contribution >= 0.6 is 0 Å². The van der Waals surface area contributed by atoms with Gasteiger partial charge in [-0.1, -0.05) is 0 Å². The standard InChI is InChI=1S/C16H16F4N4/c17-12-3-2-11(8-13(12)18)23-4-1-5-24(7-6-23)15-9-14(16(19)20)21-10-22-15/h2-3,8-10,16H,1,4-7H2. The van der Waals surface area contributed by atoms with Crippen molar-refractivity contribution in [1.29, 1.82) is 0 Å². The molecule has 1 aliphatic rings. The highest BCUT2D eigenvalue weighted by Gasteiger charge is 2.19. The molecule has 24 heavy (non-hydrogen) atoms. The Balaban J connectivity index is 1.73. The summed E-state index contributed by atoms with van der Waals surface area (Å²) in [5, 5.41) is 0. The Morgan fingerprint density at radius 1 is 0.875 bits per heavy atom. The highest BCUT2D eigenvalue weighted by atomic mass is 19.3. The lowest BCUT2D eigenvalue weighted by atomic mass is 10.2. The van der Waals surface area contributed by atoms with Crippen molar-refractivity contribution in [1.82, 2.24) is 9.97 Å². The Bertz CT molecular complexity index is 710. The fourth-order valence-corrected chi connectivity index (χ4v) is 2.74. The van der Waals surface area contributed by atoms with Gasteiger partial charge in [0.25, 0.3) is 6.43 Å². The van der Waals surface area contributed by atoms with Crippen LogP contribution in [0.3, 0.4) is 0 Å². The van der Waals surface area contributed by atoms with Crippen LogP contribution in [0.5, 0.6) is 0 Å². The van der Waals surface area contributed by atoms with E-state index in [2.05, 4.69) is 9.97 Å². The topological polar surface area (TPSA) is 32.3 Å². The van der Waals surface area contributed by atoms with E-state index >= 15 is 0 Å². The third-order valence-corrected chi connectivity index (χ3v) is 3.99. The lowest BCUT2D eigenvalue weighted by Crippen LogP contribution is -2.31. The minimum Gasteiger partial charge on any atom is -0.370 e. The average molecular weight is 340 g/mol. The molecule has 0 saturated carbocycles. The first-order valence-electron chi connectivity index (χ1n) is 7.59. The monoisotopic (exact) mass is 340 g/mol. The summed E-state index contributed by atoms with van der Waals surface area (Å²) in [6.07, 6.45) is -0.764. The highest BCUT2D eigenvalue weighted by molar-refractivity contribution is 5.48. The molecule has 8 heteroatoms. The van der Waals surface area contributed by atoms with Crippen molar-refractivity contribution in [2.24, 2.45) is 0 Å². The fraction of sp³-hybridized carbons (Fsp3) is 0.375. The summed E-state index contributed by atoms with van der Waals surface area (Å²) in [6.45, 7) is 2.39. The van der Waals surface area contributed by atoms with Gasteiger partial charge in [-0.2, -0.15) is 0 Å². The first-order chi connectivity index (χ1) is 11.5. The van der Waals surface area contributed by atoms with Crippen LogP contribution < -0.4 is 9.80 Å². The zero-order valence-electron chi connectivity index (χ0n) is 12.8.